The van der Waals surface area contributed by atoms with E-state index in [2.05, 4.69) is 15.4 Å². The minimum absolute atomic E-state index is 0.0462. The van der Waals surface area contributed by atoms with Gasteiger partial charge in [-0.2, -0.15) is 5.10 Å². The number of carbonyl (C=O) groups is 2. The maximum absolute atomic E-state index is 13.0. The highest BCUT2D eigenvalue weighted by molar-refractivity contribution is 5.98. The van der Waals surface area contributed by atoms with E-state index in [0.29, 0.717) is 31.0 Å². The number of aromatic amines is 1. The number of H-pyrrole nitrogens is 1. The Labute approximate surface area is 162 Å². The lowest BCUT2D eigenvalue weighted by atomic mass is 10.2. The van der Waals surface area contributed by atoms with E-state index in [-0.39, 0.29) is 17.9 Å². The predicted molar refractivity (Wildman–Crippen MR) is 104 cm³/mol. The molecule has 2 N–H and O–H groups in total. The third-order valence-electron chi connectivity index (χ3n) is 4.80. The van der Waals surface area contributed by atoms with Crippen molar-refractivity contribution in [2.24, 2.45) is 0 Å². The molecule has 8 nitrogen and oxygen atoms in total. The maximum Gasteiger partial charge on any atom is 0.271 e. The van der Waals surface area contributed by atoms with E-state index in [1.807, 2.05) is 38.1 Å². The van der Waals surface area contributed by atoms with Crippen molar-refractivity contribution in [1.29, 1.82) is 0 Å². The van der Waals surface area contributed by atoms with Gasteiger partial charge in [-0.05, 0) is 44.2 Å². The fourth-order valence-corrected chi connectivity index (χ4v) is 3.41. The van der Waals surface area contributed by atoms with E-state index in [1.54, 1.807) is 22.8 Å². The molecule has 0 atom stereocenters. The number of nitrogens with zero attached hydrogens (tertiary/aromatic N) is 3. The van der Waals surface area contributed by atoms with Crippen LogP contribution in [0.2, 0.25) is 0 Å². The van der Waals surface area contributed by atoms with Gasteiger partial charge in [0.05, 0.1) is 25.9 Å². The molecule has 146 valence electrons. The van der Waals surface area contributed by atoms with Gasteiger partial charge in [0.2, 0.25) is 0 Å². The molecule has 1 aliphatic heterocycles. The number of ether oxygens (including phenoxy) is 1. The van der Waals surface area contributed by atoms with Crippen LogP contribution in [0.4, 0.5) is 0 Å². The Morgan fingerprint density at radius 3 is 2.79 bits per heavy atom. The normalized spacial score (nSPS) is 13.6. The van der Waals surface area contributed by atoms with E-state index >= 15 is 0 Å². The second kappa shape index (κ2) is 7.03. The molecular weight excluding hydrogens is 358 g/mol. The maximum atomic E-state index is 13.0. The van der Waals surface area contributed by atoms with Gasteiger partial charge in [-0.15, -0.1) is 0 Å². The van der Waals surface area contributed by atoms with Crippen molar-refractivity contribution in [3.63, 3.8) is 0 Å². The molecule has 0 radical (unpaired) electrons. The summed E-state index contributed by atoms with van der Waals surface area (Å²) >= 11 is 0. The third-order valence-corrected chi connectivity index (χ3v) is 4.80. The van der Waals surface area contributed by atoms with Crippen LogP contribution < -0.4 is 10.1 Å². The molecule has 0 unspecified atom stereocenters. The highest BCUT2D eigenvalue weighted by Gasteiger charge is 2.25. The van der Waals surface area contributed by atoms with Crippen LogP contribution >= 0.6 is 0 Å². The predicted octanol–water partition coefficient (Wildman–Crippen LogP) is 2.17. The Hall–Kier alpha value is -3.29. The van der Waals surface area contributed by atoms with Gasteiger partial charge in [-0.25, -0.2) is 0 Å². The molecule has 0 bridgehead atoms. The van der Waals surface area contributed by atoms with Crippen molar-refractivity contribution in [2.45, 2.75) is 33.0 Å². The number of methoxy groups -OCH3 is 1. The van der Waals surface area contributed by atoms with E-state index in [1.165, 1.54) is 0 Å². The molecular formula is C20H23N5O3. The summed E-state index contributed by atoms with van der Waals surface area (Å²) in [5.41, 5.74) is 2.66. The molecule has 0 saturated heterocycles. The van der Waals surface area contributed by atoms with Crippen molar-refractivity contribution < 1.29 is 14.3 Å². The van der Waals surface area contributed by atoms with Crippen LogP contribution in [0.3, 0.4) is 0 Å². The summed E-state index contributed by atoms with van der Waals surface area (Å²) in [7, 11) is 1.62. The number of hydrogen-bond donors (Lipinski definition) is 2. The first kappa shape index (κ1) is 18.1. The van der Waals surface area contributed by atoms with Gasteiger partial charge in [0.25, 0.3) is 11.8 Å². The standard InChI is InChI=1S/C20H23N5O3/c1-12(2)21-19(26)17-10-14-11-24(6-7-25(14)23-17)20(27)18-9-13-8-15(28-3)4-5-16(13)22-18/h4-5,8-10,12,22H,6-7,11H2,1-3H3,(H,21,26). The Morgan fingerprint density at radius 2 is 2.04 bits per heavy atom. The van der Waals surface area contributed by atoms with Gasteiger partial charge >= 0.3 is 0 Å². The molecule has 0 fully saturated rings. The van der Waals surface area contributed by atoms with Crippen LogP contribution in [0.15, 0.2) is 30.3 Å². The largest absolute Gasteiger partial charge is 0.497 e. The SMILES string of the molecule is COc1ccc2[nH]c(C(=O)N3CCn4nc(C(=O)NC(C)C)cc4C3)cc2c1. The average molecular weight is 381 g/mol. The Bertz CT molecular complexity index is 1050. The molecule has 2 amide bonds. The second-order valence-corrected chi connectivity index (χ2v) is 7.24. The zero-order valence-electron chi connectivity index (χ0n) is 16.2. The van der Waals surface area contributed by atoms with Crippen molar-refractivity contribution in [2.75, 3.05) is 13.7 Å². The molecule has 3 heterocycles. The van der Waals surface area contributed by atoms with Gasteiger partial charge in [0.1, 0.15) is 11.4 Å². The quantitative estimate of drug-likeness (QED) is 0.724. The smallest absolute Gasteiger partial charge is 0.271 e. The minimum Gasteiger partial charge on any atom is -0.497 e. The Balaban J connectivity index is 1.53. The topological polar surface area (TPSA) is 92.2 Å². The van der Waals surface area contributed by atoms with E-state index < -0.39 is 0 Å². The fourth-order valence-electron chi connectivity index (χ4n) is 3.41. The molecule has 1 aliphatic rings. The van der Waals surface area contributed by atoms with Gasteiger partial charge in [0, 0.05) is 23.5 Å². The summed E-state index contributed by atoms with van der Waals surface area (Å²) < 4.78 is 7.04. The van der Waals surface area contributed by atoms with Crippen LogP contribution in [-0.4, -0.2) is 51.2 Å². The highest BCUT2D eigenvalue weighted by atomic mass is 16.5. The lowest BCUT2D eigenvalue weighted by Gasteiger charge is -2.27. The number of benzene rings is 1. The van der Waals surface area contributed by atoms with Crippen LogP contribution in [-0.2, 0) is 13.1 Å². The molecule has 3 aromatic rings. The molecule has 0 spiro atoms. The Kier molecular flexibility index (Phi) is 4.54. The van der Waals surface area contributed by atoms with E-state index in [0.717, 1.165) is 22.3 Å². The summed E-state index contributed by atoms with van der Waals surface area (Å²) in [4.78, 5) is 30.1. The second-order valence-electron chi connectivity index (χ2n) is 7.24. The van der Waals surface area contributed by atoms with Gasteiger partial charge in [-0.1, -0.05) is 0 Å². The number of aromatic nitrogens is 3. The molecule has 1 aromatic carbocycles. The fraction of sp³-hybridized carbons (Fsp3) is 0.350. The summed E-state index contributed by atoms with van der Waals surface area (Å²) in [6.45, 7) is 5.33. The molecule has 0 aliphatic carbocycles. The first-order valence-electron chi connectivity index (χ1n) is 9.28. The summed E-state index contributed by atoms with van der Waals surface area (Å²) in [5, 5.41) is 8.14. The van der Waals surface area contributed by atoms with E-state index in [9.17, 15) is 9.59 Å². The minimum atomic E-state index is -0.195. The van der Waals surface area contributed by atoms with Crippen LogP contribution in [0.5, 0.6) is 5.75 Å². The summed E-state index contributed by atoms with van der Waals surface area (Å²) in [6, 6.07) is 9.30. The van der Waals surface area contributed by atoms with Crippen LogP contribution in [0, 0.1) is 0 Å². The first-order chi connectivity index (χ1) is 13.4. The first-order valence-corrected chi connectivity index (χ1v) is 9.28. The molecule has 0 saturated carbocycles. The van der Waals surface area contributed by atoms with Crippen LogP contribution in [0.25, 0.3) is 10.9 Å². The number of rotatable bonds is 4. The molecule has 28 heavy (non-hydrogen) atoms. The number of amides is 2. The van der Waals surface area contributed by atoms with Crippen molar-refractivity contribution >= 4 is 22.7 Å². The highest BCUT2D eigenvalue weighted by Crippen LogP contribution is 2.23. The zero-order valence-corrected chi connectivity index (χ0v) is 16.2. The molecule has 4 rings (SSSR count). The van der Waals surface area contributed by atoms with Gasteiger partial charge in [-0.3, -0.25) is 14.3 Å². The van der Waals surface area contributed by atoms with Crippen molar-refractivity contribution in [1.82, 2.24) is 25.0 Å². The van der Waals surface area contributed by atoms with Crippen molar-refractivity contribution in [3.05, 3.63) is 47.4 Å². The van der Waals surface area contributed by atoms with E-state index in [4.69, 9.17) is 4.74 Å². The van der Waals surface area contributed by atoms with Gasteiger partial charge < -0.3 is 19.9 Å². The average Bonchev–Trinajstić information content (AvgIpc) is 3.29. The lowest BCUT2D eigenvalue weighted by molar-refractivity contribution is 0.0700. The third kappa shape index (κ3) is 3.33. The van der Waals surface area contributed by atoms with Crippen LogP contribution in [0.1, 0.15) is 40.5 Å². The number of carbonyl (C=O) groups excluding carboxylic acids is 2. The number of hydrogen-bond acceptors (Lipinski definition) is 4. The molecule has 2 aromatic heterocycles. The number of nitrogens with one attached hydrogen (secondary N) is 2. The van der Waals surface area contributed by atoms with Gasteiger partial charge in [0.15, 0.2) is 5.69 Å². The lowest BCUT2D eigenvalue weighted by Crippen LogP contribution is -2.38. The monoisotopic (exact) mass is 381 g/mol. The number of fused-ring (bicyclic) bond motifs is 2. The summed E-state index contributed by atoms with van der Waals surface area (Å²) in [5.74, 6) is 0.481. The van der Waals surface area contributed by atoms with Crippen molar-refractivity contribution in [3.8, 4) is 5.75 Å². The Morgan fingerprint density at radius 1 is 1.21 bits per heavy atom. The zero-order chi connectivity index (χ0) is 19.8. The summed E-state index contributed by atoms with van der Waals surface area (Å²) in [6.07, 6.45) is 0. The molecule has 8 heteroatoms.